The molecule has 2 rings (SSSR count). The molecular formula is C13H16ClN3O3S. The topological polar surface area (TPSA) is 84.2 Å². The molecule has 2 heterocycles. The zero-order valence-corrected chi connectivity index (χ0v) is 13.0. The van der Waals surface area contributed by atoms with Gasteiger partial charge in [0.25, 0.3) is 0 Å². The predicted molar refractivity (Wildman–Crippen MR) is 80.8 cm³/mol. The Morgan fingerprint density at radius 1 is 1.43 bits per heavy atom. The van der Waals surface area contributed by atoms with Crippen molar-refractivity contribution in [2.75, 3.05) is 11.9 Å². The fourth-order valence-electron chi connectivity index (χ4n) is 1.60. The molecule has 0 radical (unpaired) electrons. The Bertz CT molecular complexity index is 687. The van der Waals surface area contributed by atoms with Crippen LogP contribution in [0.1, 0.15) is 18.9 Å². The first-order valence-corrected chi connectivity index (χ1v) is 8.29. The molecule has 0 aromatic carbocycles. The molecule has 0 amide bonds. The van der Waals surface area contributed by atoms with Crippen LogP contribution < -0.4 is 10.0 Å². The highest BCUT2D eigenvalue weighted by Gasteiger charge is 2.16. The highest BCUT2D eigenvalue weighted by Crippen LogP contribution is 2.22. The number of sulfonamides is 1. The predicted octanol–water partition coefficient (Wildman–Crippen LogP) is 2.63. The van der Waals surface area contributed by atoms with Crippen molar-refractivity contribution < 1.29 is 12.8 Å². The van der Waals surface area contributed by atoms with E-state index in [9.17, 15) is 8.42 Å². The third-order valence-electron chi connectivity index (χ3n) is 2.72. The van der Waals surface area contributed by atoms with Crippen LogP contribution in [0.4, 0.5) is 5.82 Å². The molecule has 21 heavy (non-hydrogen) atoms. The van der Waals surface area contributed by atoms with E-state index in [0.29, 0.717) is 5.82 Å². The first-order valence-electron chi connectivity index (χ1n) is 6.43. The second kappa shape index (κ2) is 6.93. The van der Waals surface area contributed by atoms with Crippen LogP contribution in [-0.4, -0.2) is 19.9 Å². The van der Waals surface area contributed by atoms with Crippen molar-refractivity contribution in [3.63, 3.8) is 0 Å². The monoisotopic (exact) mass is 329 g/mol. The van der Waals surface area contributed by atoms with Crippen molar-refractivity contribution in [1.29, 1.82) is 0 Å². The van der Waals surface area contributed by atoms with Crippen LogP contribution in [0.15, 0.2) is 40.2 Å². The Kier molecular flexibility index (Phi) is 5.22. The molecule has 8 heteroatoms. The largest absolute Gasteiger partial charge is 0.472 e. The summed E-state index contributed by atoms with van der Waals surface area (Å²) in [5.41, 5.74) is 0.735. The summed E-state index contributed by atoms with van der Waals surface area (Å²) in [4.78, 5) is 4.07. The number of halogens is 1. The Labute approximate surface area is 128 Å². The van der Waals surface area contributed by atoms with E-state index < -0.39 is 10.0 Å². The lowest BCUT2D eigenvalue weighted by molar-refractivity contribution is 0.561. The minimum Gasteiger partial charge on any atom is -0.472 e. The second-order valence-electron chi connectivity index (χ2n) is 4.38. The molecular weight excluding hydrogens is 314 g/mol. The van der Waals surface area contributed by atoms with Gasteiger partial charge in [-0.05, 0) is 18.6 Å². The number of aromatic nitrogens is 1. The smallest absolute Gasteiger partial charge is 0.242 e. The number of hydrogen-bond acceptors (Lipinski definition) is 5. The lowest BCUT2D eigenvalue weighted by Gasteiger charge is -2.09. The molecule has 2 aromatic rings. The highest BCUT2D eigenvalue weighted by molar-refractivity contribution is 7.89. The molecule has 0 aliphatic rings. The summed E-state index contributed by atoms with van der Waals surface area (Å²) in [6.45, 7) is 2.88. The van der Waals surface area contributed by atoms with E-state index in [2.05, 4.69) is 15.0 Å². The lowest BCUT2D eigenvalue weighted by Crippen LogP contribution is -2.23. The summed E-state index contributed by atoms with van der Waals surface area (Å²) in [6, 6.07) is 3.07. The van der Waals surface area contributed by atoms with Crippen LogP contribution in [0.5, 0.6) is 0 Å². The van der Waals surface area contributed by atoms with Crippen molar-refractivity contribution in [2.45, 2.75) is 24.8 Å². The average Bonchev–Trinajstić information content (AvgIpc) is 2.97. The van der Waals surface area contributed by atoms with Gasteiger partial charge in [0.05, 0.1) is 17.5 Å². The normalized spacial score (nSPS) is 11.5. The number of anilines is 1. The van der Waals surface area contributed by atoms with Crippen LogP contribution >= 0.6 is 11.6 Å². The number of hydrogen-bond donors (Lipinski definition) is 2. The zero-order chi connectivity index (χ0) is 15.3. The van der Waals surface area contributed by atoms with Gasteiger partial charge in [0.15, 0.2) is 0 Å². The standard InChI is InChI=1S/C13H16ClN3O3S/c1-2-4-15-13-12(14)6-11(8-16-13)21(18,19)17-7-10-3-5-20-9-10/h3,5-6,8-9,17H,2,4,7H2,1H3,(H,15,16). The number of rotatable bonds is 7. The molecule has 0 unspecified atom stereocenters. The van der Waals surface area contributed by atoms with Gasteiger partial charge in [0.2, 0.25) is 10.0 Å². The van der Waals surface area contributed by atoms with Gasteiger partial charge in [0, 0.05) is 24.8 Å². The van der Waals surface area contributed by atoms with Gasteiger partial charge in [-0.1, -0.05) is 18.5 Å². The maximum absolute atomic E-state index is 12.1. The molecule has 0 saturated carbocycles. The average molecular weight is 330 g/mol. The van der Waals surface area contributed by atoms with E-state index in [-0.39, 0.29) is 16.5 Å². The Balaban J connectivity index is 2.10. The maximum Gasteiger partial charge on any atom is 0.242 e. The summed E-state index contributed by atoms with van der Waals surface area (Å²) >= 11 is 6.04. The van der Waals surface area contributed by atoms with Gasteiger partial charge in [-0.15, -0.1) is 0 Å². The lowest BCUT2D eigenvalue weighted by atomic mass is 10.4. The van der Waals surface area contributed by atoms with Crippen LogP contribution in [-0.2, 0) is 16.6 Å². The van der Waals surface area contributed by atoms with Crippen LogP contribution in [0, 0.1) is 0 Å². The van der Waals surface area contributed by atoms with E-state index in [0.717, 1.165) is 18.5 Å². The third kappa shape index (κ3) is 4.20. The number of furan rings is 1. The number of pyridine rings is 1. The van der Waals surface area contributed by atoms with Gasteiger partial charge in [-0.25, -0.2) is 18.1 Å². The fourth-order valence-corrected chi connectivity index (χ4v) is 2.88. The molecule has 0 aliphatic heterocycles. The maximum atomic E-state index is 12.1. The molecule has 2 aromatic heterocycles. The summed E-state index contributed by atoms with van der Waals surface area (Å²) in [7, 11) is -3.66. The van der Waals surface area contributed by atoms with Gasteiger partial charge in [-0.3, -0.25) is 0 Å². The number of nitrogens with one attached hydrogen (secondary N) is 2. The molecule has 114 valence electrons. The summed E-state index contributed by atoms with van der Waals surface area (Å²) < 4.78 is 31.6. The van der Waals surface area contributed by atoms with E-state index >= 15 is 0 Å². The molecule has 6 nitrogen and oxygen atoms in total. The van der Waals surface area contributed by atoms with Crippen LogP contribution in [0.25, 0.3) is 0 Å². The zero-order valence-electron chi connectivity index (χ0n) is 11.5. The van der Waals surface area contributed by atoms with Crippen LogP contribution in [0.2, 0.25) is 5.02 Å². The first-order chi connectivity index (χ1) is 10.0. The van der Waals surface area contributed by atoms with Crippen molar-refractivity contribution in [1.82, 2.24) is 9.71 Å². The Hall–Kier alpha value is -1.57. The van der Waals surface area contributed by atoms with Crippen molar-refractivity contribution in [3.8, 4) is 0 Å². The van der Waals surface area contributed by atoms with Gasteiger partial charge >= 0.3 is 0 Å². The molecule has 0 saturated heterocycles. The summed E-state index contributed by atoms with van der Waals surface area (Å²) in [5.74, 6) is 0.479. The molecule has 0 atom stereocenters. The quantitative estimate of drug-likeness (QED) is 0.815. The van der Waals surface area contributed by atoms with Gasteiger partial charge < -0.3 is 9.73 Å². The van der Waals surface area contributed by atoms with E-state index in [1.54, 1.807) is 6.07 Å². The van der Waals surface area contributed by atoms with E-state index in [4.69, 9.17) is 16.0 Å². The minimum atomic E-state index is -3.66. The van der Waals surface area contributed by atoms with E-state index in [1.165, 1.54) is 24.8 Å². The number of nitrogens with zero attached hydrogens (tertiary/aromatic N) is 1. The SMILES string of the molecule is CCCNc1ncc(S(=O)(=O)NCc2ccoc2)cc1Cl. The summed E-state index contributed by atoms with van der Waals surface area (Å²) in [5, 5.41) is 3.30. The highest BCUT2D eigenvalue weighted by atomic mass is 35.5. The summed E-state index contributed by atoms with van der Waals surface area (Å²) in [6.07, 6.45) is 5.16. The fraction of sp³-hybridized carbons (Fsp3) is 0.308. The third-order valence-corrected chi connectivity index (χ3v) is 4.37. The van der Waals surface area contributed by atoms with Gasteiger partial charge in [0.1, 0.15) is 10.7 Å². The molecule has 2 N–H and O–H groups in total. The van der Waals surface area contributed by atoms with Gasteiger partial charge in [-0.2, -0.15) is 0 Å². The molecule has 0 aliphatic carbocycles. The molecule has 0 spiro atoms. The van der Waals surface area contributed by atoms with Crippen molar-refractivity contribution >= 4 is 27.4 Å². The molecule has 0 bridgehead atoms. The second-order valence-corrected chi connectivity index (χ2v) is 6.56. The van der Waals surface area contributed by atoms with Crippen LogP contribution in [0.3, 0.4) is 0 Å². The Morgan fingerprint density at radius 2 is 2.24 bits per heavy atom. The van der Waals surface area contributed by atoms with Crippen molar-refractivity contribution in [3.05, 3.63) is 41.4 Å². The molecule has 0 fully saturated rings. The van der Waals surface area contributed by atoms with Crippen molar-refractivity contribution in [2.24, 2.45) is 0 Å². The minimum absolute atomic E-state index is 0.0260. The Morgan fingerprint density at radius 3 is 2.86 bits per heavy atom. The first kappa shape index (κ1) is 15.8. The van der Waals surface area contributed by atoms with E-state index in [1.807, 2.05) is 6.92 Å².